The van der Waals surface area contributed by atoms with Crippen molar-refractivity contribution in [1.82, 2.24) is 0 Å². The molecule has 12 atom stereocenters. The van der Waals surface area contributed by atoms with Gasteiger partial charge in [0.15, 0.2) is 0 Å². The van der Waals surface area contributed by atoms with Crippen LogP contribution in [0.2, 0.25) is 0 Å². The number of alkyl halides is 18. The molecule has 6 fully saturated rings. The molecule has 77 heavy (non-hydrogen) atoms. The summed E-state index contributed by atoms with van der Waals surface area (Å²) in [5.74, 6) is -1.46. The number of fused-ring (bicyclic) bond motifs is 6. The zero-order valence-electron chi connectivity index (χ0n) is 42.3. The van der Waals surface area contributed by atoms with E-state index in [1.807, 2.05) is 48.5 Å². The molecule has 0 aromatic carbocycles. The first-order valence-electron chi connectivity index (χ1n) is 24.5. The van der Waals surface area contributed by atoms with Crippen LogP contribution in [0.15, 0.2) is 0 Å². The fourth-order valence-corrected chi connectivity index (χ4v) is 11.7. The molecule has 6 aliphatic carbocycles. The molecule has 3 N–H and O–H groups in total. The second-order valence-corrected chi connectivity index (χ2v) is 22.0. The smallest absolute Gasteiger partial charge is 0.426 e. The van der Waals surface area contributed by atoms with Gasteiger partial charge in [-0.25, -0.2) is 0 Å². The van der Waals surface area contributed by atoms with Gasteiger partial charge in [-0.2, -0.15) is 79.0 Å². The lowest BCUT2D eigenvalue weighted by atomic mass is 9.72. The highest BCUT2D eigenvalue weighted by molar-refractivity contribution is 5.75. The molecule has 0 amide bonds. The molecule has 6 aliphatic rings. The van der Waals surface area contributed by atoms with Crippen molar-refractivity contribution in [2.75, 3.05) is 14.2 Å². The number of carbonyl (C=O) groups is 2. The highest BCUT2D eigenvalue weighted by Crippen LogP contribution is 2.60. The topological polar surface area (TPSA) is 113 Å². The number of esters is 2. The van der Waals surface area contributed by atoms with Crippen molar-refractivity contribution >= 4 is 11.9 Å². The van der Waals surface area contributed by atoms with Crippen molar-refractivity contribution in [3.05, 3.63) is 0 Å². The molecule has 6 saturated carbocycles. The summed E-state index contributed by atoms with van der Waals surface area (Å²) in [6.45, 7) is 13.4. The van der Waals surface area contributed by atoms with Crippen LogP contribution in [-0.2, 0) is 19.1 Å². The van der Waals surface area contributed by atoms with Gasteiger partial charge >= 0.3 is 49.0 Å². The van der Waals surface area contributed by atoms with Crippen LogP contribution in [0.1, 0.15) is 174 Å². The summed E-state index contributed by atoms with van der Waals surface area (Å²) in [5, 5.41) is 27.5. The molecule has 7 nitrogen and oxygen atoms in total. The van der Waals surface area contributed by atoms with Gasteiger partial charge in [0.05, 0.1) is 25.6 Å². The van der Waals surface area contributed by atoms with Crippen molar-refractivity contribution < 1.29 is 113 Å². The monoisotopic (exact) mass is 1170 g/mol. The minimum Gasteiger partial charge on any atom is -0.469 e. The summed E-state index contributed by atoms with van der Waals surface area (Å²) in [5.41, 5.74) is -14.0. The van der Waals surface area contributed by atoms with E-state index < -0.39 is 90.9 Å². The summed E-state index contributed by atoms with van der Waals surface area (Å²) in [6, 6.07) is 0. The van der Waals surface area contributed by atoms with Crippen LogP contribution in [0.25, 0.3) is 0 Å². The van der Waals surface area contributed by atoms with Gasteiger partial charge < -0.3 is 24.8 Å². The van der Waals surface area contributed by atoms with Gasteiger partial charge in [-0.3, -0.25) is 9.59 Å². The van der Waals surface area contributed by atoms with Crippen molar-refractivity contribution in [3.63, 3.8) is 0 Å². The van der Waals surface area contributed by atoms with Gasteiger partial charge in [0.2, 0.25) is 0 Å². The molecule has 0 saturated heterocycles. The van der Waals surface area contributed by atoms with Crippen molar-refractivity contribution in [3.8, 4) is 0 Å². The van der Waals surface area contributed by atoms with E-state index >= 15 is 0 Å². The quantitative estimate of drug-likeness (QED) is 0.147. The van der Waals surface area contributed by atoms with E-state index in [0.717, 1.165) is 25.7 Å². The maximum absolute atomic E-state index is 12.7. The highest BCUT2D eigenvalue weighted by atomic mass is 19.4. The van der Waals surface area contributed by atoms with Gasteiger partial charge in [-0.05, 0) is 162 Å². The van der Waals surface area contributed by atoms with E-state index in [9.17, 15) is 93.7 Å². The van der Waals surface area contributed by atoms with Crippen LogP contribution in [-0.4, -0.2) is 95.3 Å². The Morgan fingerprint density at radius 3 is 0.987 bits per heavy atom. The minimum absolute atomic E-state index is 0. The lowest BCUT2D eigenvalue weighted by molar-refractivity contribution is -0.374. The van der Waals surface area contributed by atoms with Crippen molar-refractivity contribution in [1.29, 1.82) is 0 Å². The summed E-state index contributed by atoms with van der Waals surface area (Å²) in [7, 11) is 2.83. The normalized spacial score (nSPS) is 28.2. The molecule has 0 aliphatic heterocycles. The second kappa shape index (κ2) is 28.5. The number of ether oxygens (including phenoxy) is 2. The standard InChI is InChI=1S/C13H18F6O.2C11H14F6O.C7H14O2.C6H12O2.4CH4/c1-6-7(2)10-4-8(6)3-9(10)5-11(20,12(14,15)16)13(17,18)19;2*12-10(13,14)9(18,11(15,16)17)5-8-4-6-1-2-7(8)3-6;1-5-7(2,3)6(8)9-4;1-4-5(2)6(7)8-3;;;;/h6-10,20H,3-5H2,1-2H3;2*6-8,18H,1-5H2;5H2,1-4H3;5H,4H2,1-3H3;4*1H4. The summed E-state index contributed by atoms with van der Waals surface area (Å²) in [4.78, 5) is 21.4. The SMILES string of the molecule is C.C.C.C.CC1C2CC(CC(O)(C(F)(F)F)C(F)(F)F)C(C2)C1C.CCC(C)(C)C(=O)OC.CCC(C)C(=O)OC.OC(CC1CC2CCC1C2)(C(F)(F)F)C(F)(F)F.OC(CC1CC2CCC1C2)(C(F)(F)F)C(F)(F)F. The molecule has 0 aromatic rings. The molecule has 0 radical (unpaired) electrons. The third kappa shape index (κ3) is 18.3. The van der Waals surface area contributed by atoms with E-state index in [1.54, 1.807) is 0 Å². The van der Waals surface area contributed by atoms with Gasteiger partial charge in [-0.1, -0.05) is 77.2 Å². The Morgan fingerprint density at radius 2 is 0.805 bits per heavy atom. The van der Waals surface area contributed by atoms with Gasteiger partial charge in [0.1, 0.15) is 0 Å². The Hall–Kier alpha value is -2.44. The van der Waals surface area contributed by atoms with Crippen LogP contribution in [0.5, 0.6) is 0 Å². The fraction of sp³-hybridized carbons (Fsp3) is 0.962. The molecule has 12 unspecified atom stereocenters. The molecule has 0 spiro atoms. The number of hydrogen-bond acceptors (Lipinski definition) is 7. The number of halogens is 18. The van der Waals surface area contributed by atoms with Crippen molar-refractivity contribution in [2.45, 2.75) is 228 Å². The maximum Gasteiger partial charge on any atom is 0.426 e. The van der Waals surface area contributed by atoms with Gasteiger partial charge in [-0.15, -0.1) is 0 Å². The fourth-order valence-electron chi connectivity index (χ4n) is 11.7. The van der Waals surface area contributed by atoms with Gasteiger partial charge in [0, 0.05) is 0 Å². The average molecular weight is 1170 g/mol. The Bertz CT molecular complexity index is 1650. The summed E-state index contributed by atoms with van der Waals surface area (Å²) in [6.07, 6.45) is -29.8. The Morgan fingerprint density at radius 1 is 0.481 bits per heavy atom. The van der Waals surface area contributed by atoms with Crippen molar-refractivity contribution in [2.24, 2.45) is 76.4 Å². The number of carbonyl (C=O) groups excluding carboxylic acids is 2. The van der Waals surface area contributed by atoms with Crippen LogP contribution in [0.4, 0.5) is 79.0 Å². The van der Waals surface area contributed by atoms with E-state index in [-0.39, 0.29) is 94.4 Å². The number of hydrogen-bond donors (Lipinski definition) is 3. The Balaban J connectivity index is -0.000000911. The van der Waals surface area contributed by atoms with Gasteiger partial charge in [0.25, 0.3) is 16.8 Å². The third-order valence-electron chi connectivity index (χ3n) is 17.1. The first-order chi connectivity index (χ1) is 32.7. The second-order valence-electron chi connectivity index (χ2n) is 22.0. The van der Waals surface area contributed by atoms with E-state index in [0.29, 0.717) is 57.3 Å². The van der Waals surface area contributed by atoms with Crippen LogP contribution in [0, 0.1) is 76.4 Å². The predicted octanol–water partition coefficient (Wildman–Crippen LogP) is 16.8. The molecule has 0 heterocycles. The van der Waals surface area contributed by atoms with E-state index in [1.165, 1.54) is 14.2 Å². The Labute approximate surface area is 443 Å². The summed E-state index contributed by atoms with van der Waals surface area (Å²) < 4.78 is 236. The average Bonchev–Trinajstić information content (AvgIpc) is 4.14. The van der Waals surface area contributed by atoms with E-state index in [2.05, 4.69) is 9.47 Å². The van der Waals surface area contributed by atoms with Crippen LogP contribution >= 0.6 is 0 Å². The highest BCUT2D eigenvalue weighted by Gasteiger charge is 2.73. The summed E-state index contributed by atoms with van der Waals surface area (Å²) >= 11 is 0. The lowest BCUT2D eigenvalue weighted by Gasteiger charge is -2.39. The molecule has 6 bridgehead atoms. The predicted molar refractivity (Wildman–Crippen MR) is 255 cm³/mol. The number of rotatable bonds is 10. The van der Waals surface area contributed by atoms with Crippen LogP contribution in [0.3, 0.4) is 0 Å². The molecular formula is C52H88F18O7. The zero-order valence-corrected chi connectivity index (χ0v) is 42.3. The minimum atomic E-state index is -5.69. The molecule has 6 rings (SSSR count). The molecular weight excluding hydrogens is 1080 g/mol. The van der Waals surface area contributed by atoms with Crippen LogP contribution < -0.4 is 0 Å². The lowest BCUT2D eigenvalue weighted by Crippen LogP contribution is -2.58. The van der Waals surface area contributed by atoms with E-state index in [4.69, 9.17) is 10.2 Å². The first kappa shape index (κ1) is 78.8. The largest absolute Gasteiger partial charge is 0.469 e. The number of methoxy groups -OCH3 is 2. The number of aliphatic hydroxyl groups is 3. The third-order valence-corrected chi connectivity index (χ3v) is 17.1. The molecule has 25 heteroatoms. The molecule has 464 valence electrons. The first-order valence-corrected chi connectivity index (χ1v) is 24.5. The molecule has 0 aromatic heterocycles. The Kier molecular flexibility index (Phi) is 29.2. The zero-order chi connectivity index (χ0) is 57.1. The maximum atomic E-state index is 12.7.